The number of benzene rings is 3. The van der Waals surface area contributed by atoms with Crippen molar-refractivity contribution in [3.8, 4) is 6.07 Å². The number of rotatable bonds is 11. The first kappa shape index (κ1) is 39.0. The number of carboxylic acid groups (broad SMARTS) is 1. The lowest BCUT2D eigenvalue weighted by atomic mass is 9.84. The van der Waals surface area contributed by atoms with Crippen LogP contribution in [0.15, 0.2) is 84.4 Å². The minimum absolute atomic E-state index is 0.0160. The summed E-state index contributed by atoms with van der Waals surface area (Å²) >= 11 is 6.08. The van der Waals surface area contributed by atoms with Gasteiger partial charge in [0.05, 0.1) is 23.1 Å². The monoisotopic (exact) mass is 737 g/mol. The molecule has 2 unspecified atom stereocenters. The van der Waals surface area contributed by atoms with Gasteiger partial charge in [0, 0.05) is 35.3 Å². The zero-order chi connectivity index (χ0) is 38.7. The van der Waals surface area contributed by atoms with E-state index < -0.39 is 29.5 Å². The number of nitrogens with one attached hydrogen (secondary N) is 1. The van der Waals surface area contributed by atoms with Gasteiger partial charge in [0.2, 0.25) is 5.95 Å². The van der Waals surface area contributed by atoms with Crippen molar-refractivity contribution < 1.29 is 19.5 Å². The van der Waals surface area contributed by atoms with Crippen molar-refractivity contribution in [3.63, 3.8) is 0 Å². The van der Waals surface area contributed by atoms with Crippen LogP contribution < -0.4 is 11.1 Å². The first-order chi connectivity index (χ1) is 25.0. The first-order valence-electron chi connectivity index (χ1n) is 17.8. The molecule has 3 atom stereocenters. The zero-order valence-electron chi connectivity index (χ0n) is 31.1. The minimum Gasteiger partial charge on any atom is -0.465 e. The molecule has 1 fully saturated rings. The van der Waals surface area contributed by atoms with Crippen molar-refractivity contribution in [1.82, 2.24) is 19.4 Å². The van der Waals surface area contributed by atoms with Crippen LogP contribution in [0.5, 0.6) is 0 Å². The van der Waals surface area contributed by atoms with Crippen LogP contribution in [0.1, 0.15) is 81.9 Å². The average molecular weight is 738 g/mol. The fourth-order valence-electron chi connectivity index (χ4n) is 6.78. The van der Waals surface area contributed by atoms with Crippen LogP contribution in [0.4, 0.5) is 10.7 Å². The normalized spacial score (nSPS) is 16.2. The number of amides is 3. The number of carbonyl (C=O) groups excluding carboxylic acids is 2. The molecule has 0 aliphatic carbocycles. The number of nitrogens with two attached hydrogens (primary N) is 1. The van der Waals surface area contributed by atoms with Gasteiger partial charge in [-0.15, -0.1) is 0 Å². The van der Waals surface area contributed by atoms with Crippen molar-refractivity contribution >= 4 is 46.5 Å². The van der Waals surface area contributed by atoms with Crippen LogP contribution in [-0.2, 0) is 17.8 Å². The van der Waals surface area contributed by atoms with E-state index in [0.29, 0.717) is 41.0 Å². The van der Waals surface area contributed by atoms with E-state index in [0.717, 1.165) is 17.5 Å². The molecule has 1 aromatic heterocycles. The smallest absolute Gasteiger partial charge is 0.408 e. The molecule has 0 saturated carbocycles. The van der Waals surface area contributed by atoms with Gasteiger partial charge in [0.25, 0.3) is 11.8 Å². The summed E-state index contributed by atoms with van der Waals surface area (Å²) in [6, 6.07) is 22.9. The Bertz CT molecular complexity index is 2040. The molecule has 278 valence electrons. The molecule has 1 aliphatic heterocycles. The van der Waals surface area contributed by atoms with E-state index in [1.54, 1.807) is 43.0 Å². The second-order valence-electron chi connectivity index (χ2n) is 15.5. The van der Waals surface area contributed by atoms with E-state index in [1.807, 2.05) is 86.9 Å². The molecule has 1 saturated heterocycles. The van der Waals surface area contributed by atoms with Gasteiger partial charge in [-0.25, -0.2) is 9.78 Å². The van der Waals surface area contributed by atoms with E-state index in [9.17, 15) is 24.8 Å². The highest BCUT2D eigenvalue weighted by molar-refractivity contribution is 6.30. The van der Waals surface area contributed by atoms with Gasteiger partial charge in [-0.3, -0.25) is 19.8 Å². The summed E-state index contributed by atoms with van der Waals surface area (Å²) < 4.78 is 1.88. The largest absolute Gasteiger partial charge is 0.465 e. The molecule has 3 amide bonds. The number of fused-ring (bicyclic) bond motifs is 1. The third-order valence-electron chi connectivity index (χ3n) is 9.89. The van der Waals surface area contributed by atoms with Gasteiger partial charge in [-0.1, -0.05) is 68.8 Å². The Morgan fingerprint density at radius 1 is 1.09 bits per heavy atom. The topological polar surface area (TPSA) is 158 Å². The van der Waals surface area contributed by atoms with Gasteiger partial charge in [-0.05, 0) is 99.0 Å². The predicted molar refractivity (Wildman–Crippen MR) is 208 cm³/mol. The van der Waals surface area contributed by atoms with Crippen molar-refractivity contribution in [2.75, 3.05) is 11.9 Å². The quantitative estimate of drug-likeness (QED) is 0.105. The fraction of sp³-hybridized carbons (Fsp3) is 0.390. The minimum atomic E-state index is -1.02. The van der Waals surface area contributed by atoms with Gasteiger partial charge in [0.1, 0.15) is 11.6 Å². The number of likely N-dealkylation sites (tertiary alicyclic amines) is 1. The van der Waals surface area contributed by atoms with E-state index >= 15 is 0 Å². The van der Waals surface area contributed by atoms with E-state index in [1.165, 1.54) is 11.0 Å². The number of nitriles is 1. The number of hydrogen-bond donors (Lipinski definition) is 3. The van der Waals surface area contributed by atoms with E-state index in [4.69, 9.17) is 22.3 Å². The molecule has 4 aromatic rings. The second kappa shape index (κ2) is 15.8. The summed E-state index contributed by atoms with van der Waals surface area (Å²) in [5.41, 5.74) is 8.30. The zero-order valence-corrected chi connectivity index (χ0v) is 31.9. The molecule has 0 radical (unpaired) electrons. The summed E-state index contributed by atoms with van der Waals surface area (Å²) in [4.78, 5) is 48.3. The molecule has 12 heteroatoms. The summed E-state index contributed by atoms with van der Waals surface area (Å²) in [5.74, 6) is -0.513. The summed E-state index contributed by atoms with van der Waals surface area (Å²) in [6.45, 7) is 12.2. The third kappa shape index (κ3) is 9.25. The molecule has 11 nitrogen and oxygen atoms in total. The molecular formula is C41H48ClN7O4. The van der Waals surface area contributed by atoms with Crippen molar-refractivity contribution in [3.05, 3.63) is 106 Å². The lowest BCUT2D eigenvalue weighted by Gasteiger charge is -2.41. The number of anilines is 1. The van der Waals surface area contributed by atoms with Crippen molar-refractivity contribution in [1.29, 1.82) is 5.26 Å². The summed E-state index contributed by atoms with van der Waals surface area (Å²) in [6.07, 6.45) is 2.32. The number of carbonyl (C=O) groups is 3. The molecular weight excluding hydrogens is 690 g/mol. The Hall–Kier alpha value is -5.18. The number of hydrogen-bond acceptors (Lipinski definition) is 6. The fourth-order valence-corrected chi connectivity index (χ4v) is 6.91. The Morgan fingerprint density at radius 3 is 2.38 bits per heavy atom. The van der Waals surface area contributed by atoms with Gasteiger partial charge < -0.3 is 20.3 Å². The molecule has 0 spiro atoms. The second-order valence-corrected chi connectivity index (χ2v) is 15.9. The highest BCUT2D eigenvalue weighted by atomic mass is 35.5. The Morgan fingerprint density at radius 2 is 1.77 bits per heavy atom. The van der Waals surface area contributed by atoms with Gasteiger partial charge >= 0.3 is 6.09 Å². The lowest BCUT2D eigenvalue weighted by molar-refractivity contribution is -0.127. The SMILES string of the molecule is C[C@H](N(C(=O)O)C(Cc1ccccc1)c1ccc2c(c1)nc(NC(=O)c1ccc(Cl)cc1)n2CC1CCCN1C(=O)/C(C#N)=C/C(C)(C)N)C(C)(C)C. The lowest BCUT2D eigenvalue weighted by Crippen LogP contribution is -2.47. The van der Waals surface area contributed by atoms with Crippen LogP contribution in [-0.4, -0.2) is 66.5 Å². The molecule has 4 N–H and O–H groups in total. The highest BCUT2D eigenvalue weighted by Gasteiger charge is 2.37. The van der Waals surface area contributed by atoms with Crippen LogP contribution in [0, 0.1) is 16.7 Å². The van der Waals surface area contributed by atoms with Crippen LogP contribution >= 0.6 is 11.6 Å². The Balaban J connectivity index is 1.60. The van der Waals surface area contributed by atoms with Crippen LogP contribution in [0.2, 0.25) is 5.02 Å². The Labute approximate surface area is 316 Å². The molecule has 2 heterocycles. The standard InChI is InChI=1S/C41H48ClN7O4/c1-26(40(2,3)4)49(39(52)53)35(21-27-11-8-7-9-12-27)29-16-19-34-33(22-29)45-38(46-36(50)28-14-17-31(42)18-15-28)48(34)25-32-13-10-20-47(32)37(51)30(24-43)23-41(5,6)44/h7-9,11-12,14-19,22-23,26,32,35H,10,13,20-21,25,44H2,1-6H3,(H,52,53)(H,45,46,50)/b30-23+/t26-,32?,35?/m0/s1. The average Bonchev–Trinajstić information content (AvgIpc) is 3.70. The number of nitrogens with zero attached hydrogens (tertiary/aromatic N) is 5. The van der Waals surface area contributed by atoms with E-state index in [2.05, 4.69) is 5.32 Å². The maximum absolute atomic E-state index is 13.7. The highest BCUT2D eigenvalue weighted by Crippen LogP contribution is 2.36. The number of imidazole rings is 1. The summed E-state index contributed by atoms with van der Waals surface area (Å²) in [7, 11) is 0. The number of halogens is 1. The molecule has 53 heavy (non-hydrogen) atoms. The maximum atomic E-state index is 13.7. The van der Waals surface area contributed by atoms with Gasteiger partial charge in [-0.2, -0.15) is 5.26 Å². The summed E-state index contributed by atoms with van der Waals surface area (Å²) in [5, 5.41) is 24.0. The van der Waals surface area contributed by atoms with E-state index in [-0.39, 0.29) is 35.6 Å². The van der Waals surface area contributed by atoms with Gasteiger partial charge in [0.15, 0.2) is 0 Å². The molecule has 1 aliphatic rings. The third-order valence-corrected chi connectivity index (χ3v) is 10.1. The number of aromatic nitrogens is 2. The first-order valence-corrected chi connectivity index (χ1v) is 18.2. The van der Waals surface area contributed by atoms with Crippen molar-refractivity contribution in [2.45, 2.75) is 91.0 Å². The van der Waals surface area contributed by atoms with Crippen molar-refractivity contribution in [2.24, 2.45) is 11.1 Å². The maximum Gasteiger partial charge on any atom is 0.408 e. The Kier molecular flexibility index (Phi) is 11.7. The molecule has 3 aromatic carbocycles. The molecule has 5 rings (SSSR count). The van der Waals surface area contributed by atoms with Crippen LogP contribution in [0.3, 0.4) is 0 Å². The predicted octanol–water partition coefficient (Wildman–Crippen LogP) is 7.82. The van der Waals surface area contributed by atoms with Crippen LogP contribution in [0.25, 0.3) is 11.0 Å². The molecule has 0 bridgehead atoms.